The summed E-state index contributed by atoms with van der Waals surface area (Å²) in [4.78, 5) is 28.1. The molecule has 7 nitrogen and oxygen atoms in total. The second-order valence-electron chi connectivity index (χ2n) is 9.01. The van der Waals surface area contributed by atoms with E-state index >= 15 is 0 Å². The maximum atomic E-state index is 13.6. The van der Waals surface area contributed by atoms with Gasteiger partial charge in [0.25, 0.3) is 0 Å². The average Bonchev–Trinajstić information content (AvgIpc) is 3.30. The molecule has 1 atom stereocenters. The molecular formula is C25H31Cl2N3O4S. The zero-order valence-electron chi connectivity index (χ0n) is 20.1. The highest BCUT2D eigenvalue weighted by Gasteiger charge is 2.31. The minimum Gasteiger partial charge on any atom is -0.352 e. The summed E-state index contributed by atoms with van der Waals surface area (Å²) in [6.07, 6.45) is 5.00. The number of aryl methyl sites for hydroxylation is 1. The number of benzene rings is 2. The summed E-state index contributed by atoms with van der Waals surface area (Å²) in [6, 6.07) is 11.1. The fraction of sp³-hybridized carbons (Fsp3) is 0.440. The molecule has 2 aromatic rings. The number of carbonyl (C=O) groups excluding carboxylic acids is 2. The predicted octanol–water partition coefficient (Wildman–Crippen LogP) is 4.54. The lowest BCUT2D eigenvalue weighted by Gasteiger charge is -2.32. The average molecular weight is 541 g/mol. The minimum atomic E-state index is -3.82. The van der Waals surface area contributed by atoms with Crippen molar-refractivity contribution in [3.8, 4) is 0 Å². The van der Waals surface area contributed by atoms with Crippen LogP contribution >= 0.6 is 23.2 Å². The molecular weight excluding hydrogens is 509 g/mol. The first-order valence-electron chi connectivity index (χ1n) is 11.5. The summed E-state index contributed by atoms with van der Waals surface area (Å²) in [6.45, 7) is 3.07. The Balaban J connectivity index is 1.90. The van der Waals surface area contributed by atoms with Crippen LogP contribution < -0.4 is 9.62 Å². The number of halogens is 2. The summed E-state index contributed by atoms with van der Waals surface area (Å²) in [5.41, 5.74) is 1.75. The number of nitrogens with zero attached hydrogens (tertiary/aromatic N) is 2. The number of sulfonamides is 1. The van der Waals surface area contributed by atoms with Crippen LogP contribution in [0.5, 0.6) is 0 Å². The fourth-order valence-corrected chi connectivity index (χ4v) is 5.40. The van der Waals surface area contributed by atoms with E-state index in [-0.39, 0.29) is 18.5 Å². The maximum Gasteiger partial charge on any atom is 0.244 e. The SMILES string of the molecule is Cc1ccc(Cl)cc1N(CC(=O)N(Cc1ccc(Cl)cc1)C(C)C(=O)NC1CCCC1)S(C)(=O)=O. The standard InChI is InChI=1S/C25H31Cl2N3O4S/c1-17-8-11-21(27)14-23(17)30(35(3,33)34)16-24(31)29(15-19-9-12-20(26)13-10-19)18(2)25(32)28-22-6-4-5-7-22/h8-14,18,22H,4-7,15-16H2,1-3H3,(H,28,32). The van der Waals surface area contributed by atoms with Gasteiger partial charge in [-0.15, -0.1) is 0 Å². The summed E-state index contributed by atoms with van der Waals surface area (Å²) in [5.74, 6) is -0.761. The summed E-state index contributed by atoms with van der Waals surface area (Å²) >= 11 is 12.1. The van der Waals surface area contributed by atoms with Gasteiger partial charge in [0.15, 0.2) is 0 Å². The smallest absolute Gasteiger partial charge is 0.244 e. The van der Waals surface area contributed by atoms with E-state index in [0.717, 1.165) is 41.8 Å². The van der Waals surface area contributed by atoms with Crippen LogP contribution in [0.2, 0.25) is 10.0 Å². The first-order valence-corrected chi connectivity index (χ1v) is 14.1. The van der Waals surface area contributed by atoms with Gasteiger partial charge in [0.2, 0.25) is 21.8 Å². The molecule has 1 aliphatic rings. The fourth-order valence-electron chi connectivity index (χ4n) is 4.21. The van der Waals surface area contributed by atoms with Crippen LogP contribution in [0.4, 0.5) is 5.69 Å². The highest BCUT2D eigenvalue weighted by Crippen LogP contribution is 2.27. The third-order valence-electron chi connectivity index (χ3n) is 6.25. The van der Waals surface area contributed by atoms with Crippen molar-refractivity contribution in [1.82, 2.24) is 10.2 Å². The zero-order valence-corrected chi connectivity index (χ0v) is 22.5. The molecule has 2 amide bonds. The maximum absolute atomic E-state index is 13.6. The van der Waals surface area contributed by atoms with Gasteiger partial charge in [0.1, 0.15) is 12.6 Å². The van der Waals surface area contributed by atoms with E-state index in [1.54, 1.807) is 50.2 Å². The molecule has 1 fully saturated rings. The number of hydrogen-bond acceptors (Lipinski definition) is 4. The largest absolute Gasteiger partial charge is 0.352 e. The summed E-state index contributed by atoms with van der Waals surface area (Å²) in [5, 5.41) is 3.95. The van der Waals surface area contributed by atoms with E-state index in [4.69, 9.17) is 23.2 Å². The topological polar surface area (TPSA) is 86.8 Å². The Hall–Kier alpha value is -2.29. The van der Waals surface area contributed by atoms with Gasteiger partial charge in [-0.05, 0) is 62.1 Å². The third-order valence-corrected chi connectivity index (χ3v) is 7.87. The summed E-state index contributed by atoms with van der Waals surface area (Å²) in [7, 11) is -3.82. The van der Waals surface area contributed by atoms with Gasteiger partial charge in [-0.1, -0.05) is 54.2 Å². The van der Waals surface area contributed by atoms with Crippen LogP contribution in [0, 0.1) is 6.92 Å². The quantitative estimate of drug-likeness (QED) is 0.506. The van der Waals surface area contributed by atoms with Gasteiger partial charge in [-0.25, -0.2) is 8.42 Å². The highest BCUT2D eigenvalue weighted by atomic mass is 35.5. The number of carbonyl (C=O) groups is 2. The van der Waals surface area contributed by atoms with E-state index in [1.165, 1.54) is 11.0 Å². The van der Waals surface area contributed by atoms with Gasteiger partial charge < -0.3 is 10.2 Å². The van der Waals surface area contributed by atoms with E-state index in [9.17, 15) is 18.0 Å². The predicted molar refractivity (Wildman–Crippen MR) is 140 cm³/mol. The van der Waals surface area contributed by atoms with Gasteiger partial charge in [-0.3, -0.25) is 13.9 Å². The van der Waals surface area contributed by atoms with E-state index in [1.807, 2.05) is 0 Å². The third kappa shape index (κ3) is 7.35. The van der Waals surface area contributed by atoms with Crippen LogP contribution in [0.25, 0.3) is 0 Å². The number of anilines is 1. The van der Waals surface area contributed by atoms with E-state index in [0.29, 0.717) is 21.3 Å². The van der Waals surface area contributed by atoms with Crippen LogP contribution in [0.3, 0.4) is 0 Å². The molecule has 0 heterocycles. The monoisotopic (exact) mass is 539 g/mol. The van der Waals surface area contributed by atoms with Crippen molar-refractivity contribution in [3.63, 3.8) is 0 Å². The molecule has 0 spiro atoms. The second kappa shape index (κ2) is 11.6. The molecule has 1 aliphatic carbocycles. The van der Waals surface area contributed by atoms with Gasteiger partial charge >= 0.3 is 0 Å². The molecule has 0 aliphatic heterocycles. The summed E-state index contributed by atoms with van der Waals surface area (Å²) < 4.78 is 26.4. The highest BCUT2D eigenvalue weighted by molar-refractivity contribution is 7.92. The van der Waals surface area contributed by atoms with Crippen molar-refractivity contribution in [3.05, 3.63) is 63.6 Å². The molecule has 3 rings (SSSR count). The molecule has 35 heavy (non-hydrogen) atoms. The van der Waals surface area contributed by atoms with Crippen molar-refractivity contribution >= 4 is 50.7 Å². The Labute approximate surface area is 217 Å². The first-order chi connectivity index (χ1) is 16.5. The molecule has 1 saturated carbocycles. The van der Waals surface area contributed by atoms with Crippen molar-refractivity contribution in [2.24, 2.45) is 0 Å². The lowest BCUT2D eigenvalue weighted by molar-refractivity contribution is -0.139. The van der Waals surface area contributed by atoms with Gasteiger partial charge in [-0.2, -0.15) is 0 Å². The lowest BCUT2D eigenvalue weighted by atomic mass is 10.1. The molecule has 1 N–H and O–H groups in total. The Bertz CT molecular complexity index is 1170. The van der Waals surface area contributed by atoms with Crippen molar-refractivity contribution in [1.29, 1.82) is 0 Å². The van der Waals surface area contributed by atoms with E-state index < -0.39 is 28.5 Å². The van der Waals surface area contributed by atoms with E-state index in [2.05, 4.69) is 5.32 Å². The molecule has 0 aromatic heterocycles. The van der Waals surface area contributed by atoms with Gasteiger partial charge in [0.05, 0.1) is 11.9 Å². The number of nitrogens with one attached hydrogen (secondary N) is 1. The Morgan fingerprint density at radius 1 is 1.06 bits per heavy atom. The number of rotatable bonds is 9. The van der Waals surface area contributed by atoms with Gasteiger partial charge in [0, 0.05) is 22.6 Å². The van der Waals surface area contributed by atoms with Crippen LogP contribution in [-0.2, 0) is 26.2 Å². The normalized spacial score (nSPS) is 15.0. The molecule has 0 bridgehead atoms. The lowest BCUT2D eigenvalue weighted by Crippen LogP contribution is -2.52. The van der Waals surface area contributed by atoms with Crippen LogP contribution in [-0.4, -0.2) is 50.0 Å². The van der Waals surface area contributed by atoms with Crippen molar-refractivity contribution in [2.45, 2.75) is 58.2 Å². The zero-order chi connectivity index (χ0) is 25.8. The minimum absolute atomic E-state index is 0.0964. The number of hydrogen-bond donors (Lipinski definition) is 1. The molecule has 0 saturated heterocycles. The van der Waals surface area contributed by atoms with Crippen molar-refractivity contribution < 1.29 is 18.0 Å². The molecule has 2 aromatic carbocycles. The molecule has 1 unspecified atom stereocenters. The van der Waals surface area contributed by atoms with Crippen molar-refractivity contribution in [2.75, 3.05) is 17.1 Å². The van der Waals surface area contributed by atoms with Crippen LogP contribution in [0.15, 0.2) is 42.5 Å². The Morgan fingerprint density at radius 3 is 2.26 bits per heavy atom. The second-order valence-corrected chi connectivity index (χ2v) is 11.8. The number of amides is 2. The Kier molecular flexibility index (Phi) is 9.07. The Morgan fingerprint density at radius 2 is 1.66 bits per heavy atom. The molecule has 10 heteroatoms. The molecule has 190 valence electrons. The van der Waals surface area contributed by atoms with Crippen LogP contribution in [0.1, 0.15) is 43.7 Å². The molecule has 0 radical (unpaired) electrons. The first kappa shape index (κ1) is 27.3.